The molecule has 0 aliphatic heterocycles. The SMILES string of the molecule is COC(=O)c1cccc2c(F)c(OCc3ccccc3)c(Cl)cc12. The first kappa shape index (κ1) is 16.3. The van der Waals surface area contributed by atoms with Crippen molar-refractivity contribution in [2.45, 2.75) is 6.61 Å². The second-order valence-corrected chi connectivity index (χ2v) is 5.58. The van der Waals surface area contributed by atoms with Gasteiger partial charge in [0.15, 0.2) is 11.6 Å². The predicted molar refractivity (Wildman–Crippen MR) is 91.0 cm³/mol. The van der Waals surface area contributed by atoms with Crippen LogP contribution < -0.4 is 4.74 Å². The number of halogens is 2. The highest BCUT2D eigenvalue weighted by Crippen LogP contribution is 2.36. The van der Waals surface area contributed by atoms with E-state index in [4.69, 9.17) is 21.1 Å². The number of carbonyl (C=O) groups excluding carboxylic acids is 1. The monoisotopic (exact) mass is 344 g/mol. The van der Waals surface area contributed by atoms with Crippen LogP contribution in [0.5, 0.6) is 5.75 Å². The van der Waals surface area contributed by atoms with Crippen LogP contribution in [-0.4, -0.2) is 13.1 Å². The molecule has 3 aromatic carbocycles. The number of carbonyl (C=O) groups is 1. The Morgan fingerprint density at radius 1 is 1.08 bits per heavy atom. The van der Waals surface area contributed by atoms with Gasteiger partial charge in [0.2, 0.25) is 0 Å². The average Bonchev–Trinajstić information content (AvgIpc) is 2.61. The minimum absolute atomic E-state index is 0.0324. The van der Waals surface area contributed by atoms with Crippen molar-refractivity contribution in [2.75, 3.05) is 7.11 Å². The molecule has 5 heteroatoms. The van der Waals surface area contributed by atoms with Crippen LogP contribution in [0.15, 0.2) is 54.6 Å². The fourth-order valence-electron chi connectivity index (χ4n) is 2.48. The molecule has 0 N–H and O–H groups in total. The van der Waals surface area contributed by atoms with Gasteiger partial charge in [0, 0.05) is 10.8 Å². The van der Waals surface area contributed by atoms with Gasteiger partial charge in [-0.25, -0.2) is 9.18 Å². The third-order valence-electron chi connectivity index (χ3n) is 3.66. The number of hydrogen-bond donors (Lipinski definition) is 0. The summed E-state index contributed by atoms with van der Waals surface area (Å²) >= 11 is 6.18. The molecule has 0 saturated heterocycles. The number of esters is 1. The smallest absolute Gasteiger partial charge is 0.338 e. The molecule has 122 valence electrons. The molecule has 0 atom stereocenters. The maximum atomic E-state index is 14.8. The molecule has 0 aliphatic rings. The van der Waals surface area contributed by atoms with E-state index in [1.165, 1.54) is 13.2 Å². The molecule has 3 nitrogen and oxygen atoms in total. The largest absolute Gasteiger partial charge is 0.484 e. The Balaban J connectivity index is 2.02. The summed E-state index contributed by atoms with van der Waals surface area (Å²) in [5, 5.41) is 0.747. The van der Waals surface area contributed by atoms with Crippen molar-refractivity contribution in [2.24, 2.45) is 0 Å². The molecule has 24 heavy (non-hydrogen) atoms. The Hall–Kier alpha value is -2.59. The molecular formula is C19H14ClFO3. The average molecular weight is 345 g/mol. The molecule has 0 aliphatic carbocycles. The van der Waals surface area contributed by atoms with Crippen molar-refractivity contribution in [3.05, 3.63) is 76.6 Å². The molecule has 0 saturated carbocycles. The van der Waals surface area contributed by atoms with Crippen molar-refractivity contribution in [3.63, 3.8) is 0 Å². The third kappa shape index (κ3) is 3.05. The van der Waals surface area contributed by atoms with Gasteiger partial charge < -0.3 is 9.47 Å². The zero-order valence-electron chi connectivity index (χ0n) is 12.9. The standard InChI is InChI=1S/C19H14ClFO3/c1-23-19(22)14-9-5-8-13-15(14)10-16(20)18(17(13)21)24-11-12-6-3-2-4-7-12/h2-10H,11H2,1H3. The molecule has 0 fully saturated rings. The Kier molecular flexibility index (Phi) is 4.67. The van der Waals surface area contributed by atoms with Crippen LogP contribution in [0.1, 0.15) is 15.9 Å². The Labute approximate surface area is 143 Å². The van der Waals surface area contributed by atoms with Crippen LogP contribution in [0, 0.1) is 5.82 Å². The van der Waals surface area contributed by atoms with E-state index in [2.05, 4.69) is 0 Å². The highest BCUT2D eigenvalue weighted by molar-refractivity contribution is 6.33. The van der Waals surface area contributed by atoms with Crippen LogP contribution in [0.3, 0.4) is 0 Å². The van der Waals surface area contributed by atoms with Crippen molar-refractivity contribution in [3.8, 4) is 5.75 Å². The molecule has 0 bridgehead atoms. The summed E-state index contributed by atoms with van der Waals surface area (Å²) in [5.41, 5.74) is 1.15. The Bertz CT molecular complexity index is 894. The van der Waals surface area contributed by atoms with E-state index in [9.17, 15) is 9.18 Å². The number of fused-ring (bicyclic) bond motifs is 1. The maximum absolute atomic E-state index is 14.8. The summed E-state index contributed by atoms with van der Waals surface area (Å²) in [7, 11) is 1.27. The van der Waals surface area contributed by atoms with E-state index in [-0.39, 0.29) is 28.3 Å². The van der Waals surface area contributed by atoms with E-state index < -0.39 is 11.8 Å². The zero-order chi connectivity index (χ0) is 17.1. The topological polar surface area (TPSA) is 35.5 Å². The van der Waals surface area contributed by atoms with Crippen molar-refractivity contribution in [1.29, 1.82) is 0 Å². The van der Waals surface area contributed by atoms with Gasteiger partial charge in [-0.3, -0.25) is 0 Å². The van der Waals surface area contributed by atoms with Crippen LogP contribution >= 0.6 is 11.6 Å². The van der Waals surface area contributed by atoms with Gasteiger partial charge in [-0.2, -0.15) is 0 Å². The highest BCUT2D eigenvalue weighted by Gasteiger charge is 2.18. The summed E-state index contributed by atoms with van der Waals surface area (Å²) in [4.78, 5) is 11.8. The molecule has 0 amide bonds. The van der Waals surface area contributed by atoms with Gasteiger partial charge in [0.25, 0.3) is 0 Å². The highest BCUT2D eigenvalue weighted by atomic mass is 35.5. The molecular weight excluding hydrogens is 331 g/mol. The first-order chi connectivity index (χ1) is 11.6. The molecule has 0 radical (unpaired) electrons. The lowest BCUT2D eigenvalue weighted by atomic mass is 10.0. The van der Waals surface area contributed by atoms with Crippen LogP contribution in [0.4, 0.5) is 4.39 Å². The summed E-state index contributed by atoms with van der Waals surface area (Å²) in [5.74, 6) is -1.18. The van der Waals surface area contributed by atoms with E-state index >= 15 is 0 Å². The molecule has 3 rings (SSSR count). The van der Waals surface area contributed by atoms with Crippen LogP contribution in [0.25, 0.3) is 10.8 Å². The summed E-state index contributed by atoms with van der Waals surface area (Å²) < 4.78 is 25.1. The van der Waals surface area contributed by atoms with Gasteiger partial charge in [0.05, 0.1) is 17.7 Å². The molecule has 0 spiro atoms. The van der Waals surface area contributed by atoms with Crippen LogP contribution in [0.2, 0.25) is 5.02 Å². The second-order valence-electron chi connectivity index (χ2n) is 5.17. The van der Waals surface area contributed by atoms with Crippen molar-refractivity contribution >= 4 is 28.3 Å². The summed E-state index contributed by atoms with van der Waals surface area (Å²) in [6.45, 7) is 0.194. The van der Waals surface area contributed by atoms with Crippen molar-refractivity contribution < 1.29 is 18.7 Å². The Morgan fingerprint density at radius 2 is 1.83 bits per heavy atom. The maximum Gasteiger partial charge on any atom is 0.338 e. The quantitative estimate of drug-likeness (QED) is 0.625. The predicted octanol–water partition coefficient (Wildman–Crippen LogP) is 5.00. The number of rotatable bonds is 4. The third-order valence-corrected chi connectivity index (χ3v) is 3.94. The van der Waals surface area contributed by atoms with Gasteiger partial charge in [-0.1, -0.05) is 54.1 Å². The first-order valence-electron chi connectivity index (χ1n) is 7.27. The fourth-order valence-corrected chi connectivity index (χ4v) is 2.73. The molecule has 0 heterocycles. The van der Waals surface area contributed by atoms with Crippen molar-refractivity contribution in [1.82, 2.24) is 0 Å². The van der Waals surface area contributed by atoms with E-state index in [1.807, 2.05) is 30.3 Å². The summed E-state index contributed by atoms with van der Waals surface area (Å²) in [6, 6.07) is 15.6. The minimum Gasteiger partial charge on any atom is -0.484 e. The normalized spacial score (nSPS) is 10.6. The summed E-state index contributed by atoms with van der Waals surface area (Å²) in [6.07, 6.45) is 0. The van der Waals surface area contributed by atoms with E-state index in [0.29, 0.717) is 5.39 Å². The number of methoxy groups -OCH3 is 1. The number of hydrogen-bond acceptors (Lipinski definition) is 3. The zero-order valence-corrected chi connectivity index (χ0v) is 13.6. The van der Waals surface area contributed by atoms with E-state index in [0.717, 1.165) is 5.56 Å². The van der Waals surface area contributed by atoms with Gasteiger partial charge in [-0.05, 0) is 17.7 Å². The number of ether oxygens (including phenoxy) is 2. The van der Waals surface area contributed by atoms with Crippen LogP contribution in [-0.2, 0) is 11.3 Å². The lowest BCUT2D eigenvalue weighted by Gasteiger charge is -2.13. The number of benzene rings is 3. The molecule has 0 aromatic heterocycles. The molecule has 0 unspecified atom stereocenters. The lowest BCUT2D eigenvalue weighted by Crippen LogP contribution is -2.04. The minimum atomic E-state index is -0.598. The molecule has 3 aromatic rings. The first-order valence-corrected chi connectivity index (χ1v) is 7.65. The van der Waals surface area contributed by atoms with Gasteiger partial charge in [-0.15, -0.1) is 0 Å². The Morgan fingerprint density at radius 3 is 2.54 bits per heavy atom. The fraction of sp³-hybridized carbons (Fsp3) is 0.105. The lowest BCUT2D eigenvalue weighted by molar-refractivity contribution is 0.0603. The van der Waals surface area contributed by atoms with Gasteiger partial charge >= 0.3 is 5.97 Å². The van der Waals surface area contributed by atoms with E-state index in [1.54, 1.807) is 18.2 Å². The van der Waals surface area contributed by atoms with Gasteiger partial charge in [0.1, 0.15) is 6.61 Å². The second kappa shape index (κ2) is 6.89.